The highest BCUT2D eigenvalue weighted by atomic mass is 35.5. The number of carbonyl (C=O) groups excluding carboxylic acids is 1. The van der Waals surface area contributed by atoms with Crippen molar-refractivity contribution in [3.63, 3.8) is 0 Å². The molecule has 106 valence electrons. The first-order valence-electron chi connectivity index (χ1n) is 6.46. The molecule has 0 spiro atoms. The number of carbonyl (C=O) groups is 1. The highest BCUT2D eigenvalue weighted by Crippen LogP contribution is 2.27. The second-order valence-corrected chi connectivity index (χ2v) is 5.05. The Morgan fingerprint density at radius 3 is 2.67 bits per heavy atom. The monoisotopic (exact) mass is 300 g/mol. The number of fused-ring (bicyclic) bond motifs is 1. The number of benzodiazepines with no additional fused rings is 1. The van der Waals surface area contributed by atoms with E-state index in [0.717, 1.165) is 11.1 Å². The highest BCUT2D eigenvalue weighted by molar-refractivity contribution is 6.32. The molecule has 0 bridgehead atoms. The predicted molar refractivity (Wildman–Crippen MR) is 83.0 cm³/mol. The number of benzene rings is 2. The summed E-state index contributed by atoms with van der Waals surface area (Å²) in [5, 5.41) is 3.40. The van der Waals surface area contributed by atoms with Crippen molar-refractivity contribution < 1.29 is 9.53 Å². The zero-order chi connectivity index (χ0) is 14.8. The van der Waals surface area contributed by atoms with Crippen LogP contribution >= 0.6 is 11.6 Å². The average molecular weight is 301 g/mol. The minimum atomic E-state index is -0.883. The Morgan fingerprint density at radius 1 is 1.19 bits per heavy atom. The number of nitrogens with zero attached hydrogens (tertiary/aromatic N) is 1. The van der Waals surface area contributed by atoms with Gasteiger partial charge in [0.1, 0.15) is 0 Å². The Kier molecular flexibility index (Phi) is 3.73. The van der Waals surface area contributed by atoms with Gasteiger partial charge in [0, 0.05) is 23.3 Å². The molecular formula is C16H13ClN2O2. The van der Waals surface area contributed by atoms with Gasteiger partial charge >= 0.3 is 0 Å². The molecule has 5 heteroatoms. The molecule has 3 rings (SSSR count). The van der Waals surface area contributed by atoms with Crippen LogP contribution < -0.4 is 5.32 Å². The van der Waals surface area contributed by atoms with Gasteiger partial charge in [0.2, 0.25) is 6.23 Å². The number of methoxy groups -OCH3 is 1. The zero-order valence-electron chi connectivity index (χ0n) is 11.3. The Balaban J connectivity index is 2.22. The van der Waals surface area contributed by atoms with Gasteiger partial charge < -0.3 is 10.1 Å². The van der Waals surface area contributed by atoms with Crippen LogP contribution in [0.4, 0.5) is 5.69 Å². The summed E-state index contributed by atoms with van der Waals surface area (Å²) in [4.78, 5) is 16.5. The number of amides is 1. The summed E-state index contributed by atoms with van der Waals surface area (Å²) in [6.45, 7) is 0. The summed E-state index contributed by atoms with van der Waals surface area (Å²) in [6.07, 6.45) is -0.883. The van der Waals surface area contributed by atoms with Gasteiger partial charge in [-0.3, -0.25) is 4.79 Å². The summed E-state index contributed by atoms with van der Waals surface area (Å²) in [6, 6.07) is 14.9. The van der Waals surface area contributed by atoms with E-state index in [2.05, 4.69) is 10.3 Å². The minimum absolute atomic E-state index is 0.299. The molecule has 4 nitrogen and oxygen atoms in total. The lowest BCUT2D eigenvalue weighted by molar-refractivity contribution is -0.125. The van der Waals surface area contributed by atoms with Gasteiger partial charge in [0.25, 0.3) is 5.91 Å². The van der Waals surface area contributed by atoms with Crippen molar-refractivity contribution in [2.75, 3.05) is 12.4 Å². The smallest absolute Gasteiger partial charge is 0.276 e. The maximum absolute atomic E-state index is 12.1. The first kappa shape index (κ1) is 13.8. The summed E-state index contributed by atoms with van der Waals surface area (Å²) < 4.78 is 5.16. The zero-order valence-corrected chi connectivity index (χ0v) is 12.1. The lowest BCUT2D eigenvalue weighted by Crippen LogP contribution is -2.26. The molecule has 1 amide bonds. The van der Waals surface area contributed by atoms with Gasteiger partial charge in [0.05, 0.1) is 11.4 Å². The van der Waals surface area contributed by atoms with Gasteiger partial charge in [-0.15, -0.1) is 0 Å². The van der Waals surface area contributed by atoms with Crippen molar-refractivity contribution >= 4 is 28.9 Å². The first-order valence-corrected chi connectivity index (χ1v) is 6.83. The fourth-order valence-corrected chi connectivity index (χ4v) is 2.42. The van der Waals surface area contributed by atoms with Crippen LogP contribution in [-0.4, -0.2) is 25.0 Å². The molecule has 2 aromatic rings. The van der Waals surface area contributed by atoms with E-state index >= 15 is 0 Å². The maximum Gasteiger partial charge on any atom is 0.276 e. The Labute approximate surface area is 127 Å². The molecule has 0 saturated carbocycles. The highest BCUT2D eigenvalue weighted by Gasteiger charge is 2.25. The van der Waals surface area contributed by atoms with Crippen LogP contribution in [0, 0.1) is 0 Å². The topological polar surface area (TPSA) is 50.7 Å². The van der Waals surface area contributed by atoms with Gasteiger partial charge in [0.15, 0.2) is 0 Å². The van der Waals surface area contributed by atoms with Crippen LogP contribution in [0.5, 0.6) is 0 Å². The lowest BCUT2D eigenvalue weighted by Gasteiger charge is -2.10. The lowest BCUT2D eigenvalue weighted by atomic mass is 10.0. The number of halogens is 1. The normalized spacial score (nSPS) is 17.5. The van der Waals surface area contributed by atoms with E-state index in [9.17, 15) is 4.79 Å². The van der Waals surface area contributed by atoms with Crippen LogP contribution in [0.3, 0.4) is 0 Å². The van der Waals surface area contributed by atoms with Crippen LogP contribution in [0.15, 0.2) is 53.5 Å². The minimum Gasteiger partial charge on any atom is -0.352 e. The van der Waals surface area contributed by atoms with Gasteiger partial charge in [-0.05, 0) is 18.2 Å². The largest absolute Gasteiger partial charge is 0.352 e. The molecule has 1 aliphatic heterocycles. The standard InChI is InChI=1S/C16H13ClN2O2/c1-21-16-15(20)18-13-8-7-11(17)9-12(13)14(19-16)10-5-3-2-4-6-10/h2-9,16H,1H3,(H,18,20)/t16-/m0/s1. The molecule has 0 aromatic heterocycles. The van der Waals surface area contributed by atoms with Crippen molar-refractivity contribution in [1.29, 1.82) is 0 Å². The first-order chi connectivity index (χ1) is 10.2. The van der Waals surface area contributed by atoms with Crippen LogP contribution in [0.25, 0.3) is 0 Å². The Bertz CT molecular complexity index is 713. The fourth-order valence-electron chi connectivity index (χ4n) is 2.25. The van der Waals surface area contributed by atoms with E-state index in [-0.39, 0.29) is 5.91 Å². The van der Waals surface area contributed by atoms with E-state index < -0.39 is 6.23 Å². The number of anilines is 1. The molecule has 0 radical (unpaired) electrons. The Hall–Kier alpha value is -2.17. The van der Waals surface area contributed by atoms with Crippen LogP contribution in [-0.2, 0) is 9.53 Å². The quantitative estimate of drug-likeness (QED) is 0.926. The summed E-state index contributed by atoms with van der Waals surface area (Å²) in [7, 11) is 1.46. The molecule has 1 aliphatic rings. The summed E-state index contributed by atoms with van der Waals surface area (Å²) in [5.74, 6) is -0.299. The van der Waals surface area contributed by atoms with E-state index in [1.807, 2.05) is 30.3 Å². The fraction of sp³-hybridized carbons (Fsp3) is 0.125. The number of hydrogen-bond donors (Lipinski definition) is 1. The number of nitrogens with one attached hydrogen (secondary N) is 1. The van der Waals surface area contributed by atoms with Crippen molar-refractivity contribution in [1.82, 2.24) is 0 Å². The molecule has 0 unspecified atom stereocenters. The van der Waals surface area contributed by atoms with Crippen LogP contribution in [0.1, 0.15) is 11.1 Å². The third kappa shape index (κ3) is 2.68. The van der Waals surface area contributed by atoms with Crippen molar-refractivity contribution in [3.8, 4) is 0 Å². The second-order valence-electron chi connectivity index (χ2n) is 4.61. The van der Waals surface area contributed by atoms with Crippen molar-refractivity contribution in [3.05, 3.63) is 64.7 Å². The number of hydrogen-bond acceptors (Lipinski definition) is 3. The molecule has 0 aliphatic carbocycles. The predicted octanol–water partition coefficient (Wildman–Crippen LogP) is 3.10. The molecule has 1 heterocycles. The van der Waals surface area contributed by atoms with E-state index in [1.165, 1.54) is 7.11 Å². The molecule has 0 fully saturated rings. The molecular weight excluding hydrogens is 288 g/mol. The molecule has 21 heavy (non-hydrogen) atoms. The number of ether oxygens (including phenoxy) is 1. The van der Waals surface area contributed by atoms with Gasteiger partial charge in [-0.2, -0.15) is 0 Å². The third-order valence-corrected chi connectivity index (χ3v) is 3.47. The van der Waals surface area contributed by atoms with Gasteiger partial charge in [-0.25, -0.2) is 4.99 Å². The number of rotatable bonds is 2. The Morgan fingerprint density at radius 2 is 1.95 bits per heavy atom. The maximum atomic E-state index is 12.1. The van der Waals surface area contributed by atoms with E-state index in [0.29, 0.717) is 16.4 Å². The molecule has 1 atom stereocenters. The van der Waals surface area contributed by atoms with Crippen LogP contribution in [0.2, 0.25) is 5.02 Å². The summed E-state index contributed by atoms with van der Waals surface area (Å²) >= 11 is 6.09. The van der Waals surface area contributed by atoms with Crippen molar-refractivity contribution in [2.24, 2.45) is 4.99 Å². The van der Waals surface area contributed by atoms with Gasteiger partial charge in [-0.1, -0.05) is 41.9 Å². The van der Waals surface area contributed by atoms with E-state index in [1.54, 1.807) is 18.2 Å². The molecule has 1 N–H and O–H groups in total. The summed E-state index contributed by atoms with van der Waals surface area (Å²) in [5.41, 5.74) is 3.03. The second kappa shape index (κ2) is 5.68. The average Bonchev–Trinajstić information content (AvgIpc) is 2.64. The third-order valence-electron chi connectivity index (χ3n) is 3.24. The van der Waals surface area contributed by atoms with E-state index in [4.69, 9.17) is 16.3 Å². The molecule has 2 aromatic carbocycles. The molecule has 0 saturated heterocycles. The SMILES string of the molecule is CO[C@@H]1N=C(c2ccccc2)c2cc(Cl)ccc2NC1=O. The number of aliphatic imine (C=N–C) groups is 1. The van der Waals surface area contributed by atoms with Crippen molar-refractivity contribution in [2.45, 2.75) is 6.23 Å².